The second kappa shape index (κ2) is 16.7. The number of hydrogen-bond acceptors (Lipinski definition) is 9. The molecule has 0 spiro atoms. The Hall–Kier alpha value is -4.55. The van der Waals surface area contributed by atoms with E-state index in [4.69, 9.17) is 30.6 Å². The molecule has 0 unspecified atom stereocenters. The van der Waals surface area contributed by atoms with Gasteiger partial charge in [-0.05, 0) is 56.8 Å². The number of nitrogen functional groups attached to an aromatic ring is 1. The Labute approximate surface area is 270 Å². The molecule has 12 nitrogen and oxygen atoms in total. The summed E-state index contributed by atoms with van der Waals surface area (Å²) >= 11 is 0. The highest BCUT2D eigenvalue weighted by Gasteiger charge is 2.30. The third-order valence-electron chi connectivity index (χ3n) is 8.33. The summed E-state index contributed by atoms with van der Waals surface area (Å²) in [6.45, 7) is 7.76. The summed E-state index contributed by atoms with van der Waals surface area (Å²) in [5.74, 6) is -1.17. The van der Waals surface area contributed by atoms with E-state index in [0.29, 0.717) is 17.9 Å². The summed E-state index contributed by atoms with van der Waals surface area (Å²) in [5, 5.41) is 24.3. The second-order valence-corrected chi connectivity index (χ2v) is 11.8. The first-order valence-corrected chi connectivity index (χ1v) is 15.8. The van der Waals surface area contributed by atoms with Crippen LogP contribution in [0.25, 0.3) is 22.3 Å². The van der Waals surface area contributed by atoms with E-state index in [0.717, 1.165) is 67.6 Å². The molecule has 12 heteroatoms. The fourth-order valence-corrected chi connectivity index (χ4v) is 6.05. The van der Waals surface area contributed by atoms with Crippen LogP contribution < -0.4 is 11.1 Å². The van der Waals surface area contributed by atoms with Gasteiger partial charge in [0, 0.05) is 63.9 Å². The monoisotopic (exact) mass is 630 g/mol. The predicted molar refractivity (Wildman–Crippen MR) is 181 cm³/mol. The van der Waals surface area contributed by atoms with Crippen LogP contribution in [0.15, 0.2) is 60.9 Å². The summed E-state index contributed by atoms with van der Waals surface area (Å²) in [4.78, 5) is 32.1. The van der Waals surface area contributed by atoms with Crippen molar-refractivity contribution in [2.75, 3.05) is 50.8 Å². The van der Waals surface area contributed by atoms with Crippen molar-refractivity contribution in [3.8, 4) is 11.3 Å². The zero-order valence-electron chi connectivity index (χ0n) is 27.0. The van der Waals surface area contributed by atoms with Gasteiger partial charge >= 0.3 is 0 Å². The molecule has 4 aromatic rings. The number of nitrogens with one attached hydrogen (secondary N) is 1. The number of fused-ring (bicyclic) bond motifs is 1. The number of piperazine rings is 1. The fourth-order valence-electron chi connectivity index (χ4n) is 6.05. The lowest BCUT2D eigenvalue weighted by Gasteiger charge is -2.41. The number of carboxylic acid groups (broad SMARTS) is 2. The molecule has 0 amide bonds. The summed E-state index contributed by atoms with van der Waals surface area (Å²) in [6, 6.07) is 20.0. The van der Waals surface area contributed by atoms with Crippen LogP contribution in [0.1, 0.15) is 51.1 Å². The number of nitrogens with zero attached hydrogens (tertiary/aromatic N) is 6. The number of carboxylic acids is 2. The topological polar surface area (TPSA) is 163 Å². The largest absolute Gasteiger partial charge is 0.481 e. The molecule has 6 rings (SSSR count). The fraction of sp³-hybridized carbons (Fsp3) is 0.441. The number of hydrogen-bond donors (Lipinski definition) is 4. The molecule has 2 fully saturated rings. The van der Waals surface area contributed by atoms with Gasteiger partial charge in [-0.2, -0.15) is 5.10 Å². The summed E-state index contributed by atoms with van der Waals surface area (Å²) < 4.78 is 2.13. The summed E-state index contributed by atoms with van der Waals surface area (Å²) in [7, 11) is 2.22. The number of carbonyl (C=O) groups is 2. The molecule has 2 aliphatic rings. The average Bonchev–Trinajstić information content (AvgIpc) is 3.43. The predicted octanol–water partition coefficient (Wildman–Crippen LogP) is 4.64. The molecule has 2 aromatic carbocycles. The van der Waals surface area contributed by atoms with Gasteiger partial charge in [0.05, 0.1) is 11.4 Å². The minimum Gasteiger partial charge on any atom is -0.481 e. The molecule has 3 heterocycles. The Bertz CT molecular complexity index is 1520. The molecule has 2 aromatic heterocycles. The summed E-state index contributed by atoms with van der Waals surface area (Å²) in [6.07, 6.45) is 7.19. The van der Waals surface area contributed by atoms with Gasteiger partial charge in [0.15, 0.2) is 5.65 Å². The highest BCUT2D eigenvalue weighted by molar-refractivity contribution is 5.98. The number of anilines is 2. The van der Waals surface area contributed by atoms with E-state index in [1.165, 1.54) is 44.6 Å². The lowest BCUT2D eigenvalue weighted by molar-refractivity contribution is -0.135. The Morgan fingerprint density at radius 2 is 1.46 bits per heavy atom. The van der Waals surface area contributed by atoms with Gasteiger partial charge in [0.1, 0.15) is 17.8 Å². The molecule has 246 valence electrons. The Kier molecular flexibility index (Phi) is 12.4. The maximum Gasteiger partial charge on any atom is 0.300 e. The highest BCUT2D eigenvalue weighted by Crippen LogP contribution is 2.37. The second-order valence-electron chi connectivity index (χ2n) is 11.8. The molecule has 1 saturated carbocycles. The van der Waals surface area contributed by atoms with Gasteiger partial charge in [-0.3, -0.25) is 14.5 Å². The number of nitrogens with two attached hydrogens (primary N) is 1. The lowest BCUT2D eigenvalue weighted by atomic mass is 9.90. The van der Waals surface area contributed by atoms with Crippen LogP contribution >= 0.6 is 0 Å². The van der Waals surface area contributed by atoms with Crippen LogP contribution in [-0.4, -0.2) is 97.5 Å². The molecule has 1 aliphatic heterocycles. The van der Waals surface area contributed by atoms with Crippen molar-refractivity contribution in [1.29, 1.82) is 0 Å². The van der Waals surface area contributed by atoms with E-state index in [9.17, 15) is 0 Å². The van der Waals surface area contributed by atoms with Crippen molar-refractivity contribution in [2.24, 2.45) is 0 Å². The van der Waals surface area contributed by atoms with Gasteiger partial charge in [0.25, 0.3) is 11.9 Å². The van der Waals surface area contributed by atoms with Crippen LogP contribution in [0.5, 0.6) is 0 Å². The first-order chi connectivity index (χ1) is 22.1. The standard InChI is InChI=1S/C30H38N8.2C2H4O2/c1-36-17-19-37(20-18-36)25-11-13-26(14-12-25)38-30-27(29(31)33-21-34-30)28(35-38)23-7-9-24(10-8-23)32-16-15-22-5-3-2-4-6-22;2*1-2(3)4/h2-10,21,25-26,32H,11-20H2,1H3,(H2,31,33,34);2*1H3,(H,3,4). The van der Waals surface area contributed by atoms with Gasteiger partial charge in [0.2, 0.25) is 0 Å². The Morgan fingerprint density at radius 3 is 2.07 bits per heavy atom. The van der Waals surface area contributed by atoms with E-state index in [1.807, 2.05) is 0 Å². The van der Waals surface area contributed by atoms with Crippen molar-refractivity contribution >= 4 is 34.5 Å². The summed E-state index contributed by atoms with van der Waals surface area (Å²) in [5.41, 5.74) is 11.6. The quantitative estimate of drug-likeness (QED) is 0.225. The number of rotatable bonds is 7. The maximum atomic E-state index is 9.00. The molecule has 0 atom stereocenters. The first-order valence-electron chi connectivity index (χ1n) is 15.8. The molecule has 0 bridgehead atoms. The first kappa shape index (κ1) is 34.3. The van der Waals surface area contributed by atoms with E-state index < -0.39 is 11.9 Å². The Balaban J connectivity index is 0.000000541. The zero-order chi connectivity index (χ0) is 33.1. The number of benzene rings is 2. The molecule has 1 saturated heterocycles. The minimum absolute atomic E-state index is 0.336. The maximum absolute atomic E-state index is 9.00. The SMILES string of the molecule is CC(=O)O.CC(=O)O.CN1CCN(C2CCC(n3nc(-c4ccc(NCCc5ccccc5)cc4)c4c(N)ncnc43)CC2)CC1. The number of aromatic nitrogens is 4. The van der Waals surface area contributed by atoms with E-state index in [1.54, 1.807) is 6.33 Å². The van der Waals surface area contributed by atoms with E-state index in [2.05, 4.69) is 91.4 Å². The zero-order valence-corrected chi connectivity index (χ0v) is 27.0. The van der Waals surface area contributed by atoms with Gasteiger partial charge in [-0.15, -0.1) is 0 Å². The molecular formula is C34H46N8O4. The number of aliphatic carboxylic acids is 2. The van der Waals surface area contributed by atoms with Crippen LogP contribution in [0.3, 0.4) is 0 Å². The normalized spacial score (nSPS) is 18.5. The minimum atomic E-state index is -0.833. The van der Waals surface area contributed by atoms with Gasteiger partial charge in [-0.25, -0.2) is 14.6 Å². The van der Waals surface area contributed by atoms with Crippen LogP contribution in [-0.2, 0) is 16.0 Å². The number of likely N-dealkylation sites (N-methyl/N-ethyl adjacent to an activating group) is 1. The van der Waals surface area contributed by atoms with Crippen molar-refractivity contribution in [3.63, 3.8) is 0 Å². The lowest BCUT2D eigenvalue weighted by Crippen LogP contribution is -2.49. The third kappa shape index (κ3) is 9.72. The van der Waals surface area contributed by atoms with Crippen LogP contribution in [0.2, 0.25) is 0 Å². The van der Waals surface area contributed by atoms with Crippen molar-refractivity contribution in [2.45, 2.75) is 58.0 Å². The van der Waals surface area contributed by atoms with Crippen molar-refractivity contribution in [3.05, 3.63) is 66.5 Å². The average molecular weight is 631 g/mol. The Morgan fingerprint density at radius 1 is 0.870 bits per heavy atom. The van der Waals surface area contributed by atoms with E-state index in [-0.39, 0.29) is 0 Å². The van der Waals surface area contributed by atoms with Crippen LogP contribution in [0.4, 0.5) is 11.5 Å². The van der Waals surface area contributed by atoms with Crippen molar-refractivity contribution < 1.29 is 19.8 Å². The third-order valence-corrected chi connectivity index (χ3v) is 8.33. The smallest absolute Gasteiger partial charge is 0.300 e. The van der Waals surface area contributed by atoms with Crippen LogP contribution in [0, 0.1) is 0 Å². The highest BCUT2D eigenvalue weighted by atomic mass is 16.4. The molecule has 46 heavy (non-hydrogen) atoms. The van der Waals surface area contributed by atoms with Gasteiger partial charge in [-0.1, -0.05) is 42.5 Å². The van der Waals surface area contributed by atoms with Crippen molar-refractivity contribution in [1.82, 2.24) is 29.5 Å². The molecule has 1 aliphatic carbocycles. The molecule has 0 radical (unpaired) electrons. The molecule has 5 N–H and O–H groups in total. The van der Waals surface area contributed by atoms with Gasteiger partial charge < -0.3 is 26.2 Å². The molecular weight excluding hydrogens is 584 g/mol. The van der Waals surface area contributed by atoms with E-state index >= 15 is 0 Å².